The van der Waals surface area contributed by atoms with Gasteiger partial charge in [-0.15, -0.1) is 0 Å². The first-order chi connectivity index (χ1) is 14.6. The fraction of sp³-hybridized carbons (Fsp3) is 0.381. The minimum Gasteiger partial charge on any atom is -0.453 e. The maximum atomic E-state index is 12.9. The van der Waals surface area contributed by atoms with Crippen LogP contribution in [0.15, 0.2) is 47.1 Å². The predicted molar refractivity (Wildman–Crippen MR) is 116 cm³/mol. The van der Waals surface area contributed by atoms with E-state index >= 15 is 0 Å². The van der Waals surface area contributed by atoms with Gasteiger partial charge in [0.25, 0.3) is 0 Å². The largest absolute Gasteiger partial charge is 0.453 e. The SMILES string of the molecule is COC(=O)NC1CCC=CCOCCC(c2ncc(-c3ccc(Br)cc3)[nH]2)NC1=O. The summed E-state index contributed by atoms with van der Waals surface area (Å²) in [5.41, 5.74) is 1.84. The zero-order chi connectivity index (χ0) is 21.3. The van der Waals surface area contributed by atoms with Gasteiger partial charge in [-0.3, -0.25) is 4.79 Å². The highest BCUT2D eigenvalue weighted by Crippen LogP contribution is 2.23. The van der Waals surface area contributed by atoms with E-state index in [-0.39, 0.29) is 11.9 Å². The summed E-state index contributed by atoms with van der Waals surface area (Å²) in [7, 11) is 1.27. The van der Waals surface area contributed by atoms with Gasteiger partial charge in [-0.05, 0) is 37.0 Å². The van der Waals surface area contributed by atoms with Crippen LogP contribution in [0.1, 0.15) is 31.1 Å². The molecule has 0 fully saturated rings. The van der Waals surface area contributed by atoms with E-state index in [2.05, 4.69) is 41.3 Å². The predicted octanol–water partition coefficient (Wildman–Crippen LogP) is 3.48. The summed E-state index contributed by atoms with van der Waals surface area (Å²) < 4.78 is 11.3. The fourth-order valence-electron chi connectivity index (χ4n) is 3.11. The fourth-order valence-corrected chi connectivity index (χ4v) is 3.38. The number of benzene rings is 1. The molecule has 1 aromatic heterocycles. The summed E-state index contributed by atoms with van der Waals surface area (Å²) in [6.07, 6.45) is 6.59. The van der Waals surface area contributed by atoms with Gasteiger partial charge in [0.05, 0.1) is 31.6 Å². The zero-order valence-corrected chi connectivity index (χ0v) is 18.3. The molecule has 1 aromatic carbocycles. The molecule has 1 aliphatic heterocycles. The number of ether oxygens (including phenoxy) is 2. The van der Waals surface area contributed by atoms with E-state index in [4.69, 9.17) is 4.74 Å². The summed E-state index contributed by atoms with van der Waals surface area (Å²) in [5, 5.41) is 5.60. The Morgan fingerprint density at radius 2 is 2.07 bits per heavy atom. The van der Waals surface area contributed by atoms with E-state index in [9.17, 15) is 9.59 Å². The lowest BCUT2D eigenvalue weighted by Crippen LogP contribution is -2.48. The van der Waals surface area contributed by atoms with Crippen LogP contribution in [0.25, 0.3) is 11.3 Å². The highest BCUT2D eigenvalue weighted by Gasteiger charge is 2.25. The molecular formula is C21H25BrN4O4. The Morgan fingerprint density at radius 3 is 2.83 bits per heavy atom. The third kappa shape index (κ3) is 6.17. The number of nitrogens with one attached hydrogen (secondary N) is 3. The lowest BCUT2D eigenvalue weighted by Gasteiger charge is -2.22. The van der Waals surface area contributed by atoms with Gasteiger partial charge in [0.2, 0.25) is 5.91 Å². The number of rotatable bonds is 3. The van der Waals surface area contributed by atoms with Crippen molar-refractivity contribution in [1.82, 2.24) is 20.6 Å². The van der Waals surface area contributed by atoms with Crippen LogP contribution >= 0.6 is 15.9 Å². The van der Waals surface area contributed by atoms with Crippen LogP contribution in [0.2, 0.25) is 0 Å². The number of carbonyl (C=O) groups is 2. The number of hydrogen-bond donors (Lipinski definition) is 3. The monoisotopic (exact) mass is 476 g/mol. The lowest BCUT2D eigenvalue weighted by atomic mass is 10.1. The molecule has 2 unspecified atom stereocenters. The zero-order valence-electron chi connectivity index (χ0n) is 16.7. The third-order valence-corrected chi connectivity index (χ3v) is 5.27. The number of aromatic amines is 1. The van der Waals surface area contributed by atoms with Crippen LogP contribution in [0.3, 0.4) is 0 Å². The van der Waals surface area contributed by atoms with Gasteiger partial charge in [0.15, 0.2) is 0 Å². The van der Waals surface area contributed by atoms with E-state index in [1.807, 2.05) is 36.4 Å². The minimum atomic E-state index is -0.703. The standard InChI is InChI=1S/C21H25BrN4O4/c1-29-21(28)26-17-5-3-2-4-11-30-12-10-16(25-20(17)27)19-23-13-18(24-19)14-6-8-15(22)9-7-14/h2,4,6-9,13,16-17H,3,5,10-12H2,1H3,(H,23,24)(H,25,27)(H,26,28). The molecular weight excluding hydrogens is 452 g/mol. The first-order valence-electron chi connectivity index (χ1n) is 9.75. The smallest absolute Gasteiger partial charge is 0.407 e. The first kappa shape index (κ1) is 22.0. The number of amides is 2. The summed E-state index contributed by atoms with van der Waals surface area (Å²) in [5.74, 6) is 0.343. The van der Waals surface area contributed by atoms with Crippen molar-refractivity contribution in [1.29, 1.82) is 0 Å². The topological polar surface area (TPSA) is 105 Å². The summed E-state index contributed by atoms with van der Waals surface area (Å²) in [4.78, 5) is 32.3. The highest BCUT2D eigenvalue weighted by atomic mass is 79.9. The molecule has 0 spiro atoms. The van der Waals surface area contributed by atoms with Crippen molar-refractivity contribution in [3.63, 3.8) is 0 Å². The van der Waals surface area contributed by atoms with Gasteiger partial charge >= 0.3 is 6.09 Å². The van der Waals surface area contributed by atoms with Crippen molar-refractivity contribution in [3.05, 3.63) is 52.9 Å². The van der Waals surface area contributed by atoms with Crippen LogP contribution in [0.5, 0.6) is 0 Å². The molecule has 8 nitrogen and oxygen atoms in total. The number of imidazole rings is 1. The molecule has 30 heavy (non-hydrogen) atoms. The van der Waals surface area contributed by atoms with Crippen LogP contribution in [-0.2, 0) is 14.3 Å². The van der Waals surface area contributed by atoms with Crippen molar-refractivity contribution in [2.75, 3.05) is 20.3 Å². The minimum absolute atomic E-state index is 0.291. The van der Waals surface area contributed by atoms with Crippen molar-refractivity contribution < 1.29 is 19.1 Å². The normalized spacial score (nSPS) is 20.5. The number of halogens is 1. The van der Waals surface area contributed by atoms with Crippen molar-refractivity contribution in [3.8, 4) is 11.3 Å². The molecule has 160 valence electrons. The quantitative estimate of drug-likeness (QED) is 0.588. The Morgan fingerprint density at radius 1 is 1.27 bits per heavy atom. The van der Waals surface area contributed by atoms with E-state index in [1.165, 1.54) is 7.11 Å². The third-order valence-electron chi connectivity index (χ3n) is 4.74. The second-order valence-electron chi connectivity index (χ2n) is 6.85. The number of H-pyrrole nitrogens is 1. The second kappa shape index (κ2) is 10.9. The van der Waals surface area contributed by atoms with Gasteiger partial charge in [-0.1, -0.05) is 40.2 Å². The Labute approximate surface area is 183 Å². The second-order valence-corrected chi connectivity index (χ2v) is 7.77. The summed E-state index contributed by atoms with van der Waals surface area (Å²) in [6, 6.07) is 6.79. The molecule has 3 rings (SSSR count). The Bertz CT molecular complexity index is 881. The van der Waals surface area contributed by atoms with Crippen LogP contribution in [0.4, 0.5) is 4.79 Å². The Kier molecular flexibility index (Phi) is 8.04. The molecule has 0 aliphatic carbocycles. The molecule has 2 heterocycles. The van der Waals surface area contributed by atoms with Crippen molar-refractivity contribution in [2.24, 2.45) is 0 Å². The molecule has 2 aromatic rings. The molecule has 9 heteroatoms. The molecule has 1 aliphatic rings. The van der Waals surface area contributed by atoms with E-state index in [0.717, 1.165) is 15.7 Å². The maximum absolute atomic E-state index is 12.9. The van der Waals surface area contributed by atoms with E-state index in [1.54, 1.807) is 6.20 Å². The van der Waals surface area contributed by atoms with Gasteiger partial charge in [-0.25, -0.2) is 9.78 Å². The molecule has 2 amide bonds. The Balaban J connectivity index is 1.79. The number of carbonyl (C=O) groups excluding carboxylic acids is 2. The molecule has 2 atom stereocenters. The number of nitrogens with zero attached hydrogens (tertiary/aromatic N) is 1. The van der Waals surface area contributed by atoms with Gasteiger partial charge < -0.3 is 25.1 Å². The van der Waals surface area contributed by atoms with Crippen molar-refractivity contribution in [2.45, 2.75) is 31.3 Å². The number of aromatic nitrogens is 2. The van der Waals surface area contributed by atoms with Crippen LogP contribution in [0, 0.1) is 0 Å². The first-order valence-corrected chi connectivity index (χ1v) is 10.5. The van der Waals surface area contributed by atoms with E-state index < -0.39 is 12.1 Å². The van der Waals surface area contributed by atoms with E-state index in [0.29, 0.717) is 38.3 Å². The maximum Gasteiger partial charge on any atom is 0.407 e. The molecule has 0 radical (unpaired) electrons. The average Bonchev–Trinajstić information content (AvgIpc) is 3.23. The highest BCUT2D eigenvalue weighted by molar-refractivity contribution is 9.10. The molecule has 3 N–H and O–H groups in total. The van der Waals surface area contributed by atoms with Crippen LogP contribution in [-0.4, -0.2) is 48.3 Å². The molecule has 0 saturated carbocycles. The number of methoxy groups -OCH3 is 1. The molecule has 0 saturated heterocycles. The van der Waals surface area contributed by atoms with Crippen LogP contribution < -0.4 is 10.6 Å². The molecule has 0 bridgehead atoms. The van der Waals surface area contributed by atoms with Gasteiger partial charge in [-0.2, -0.15) is 0 Å². The number of allylic oxidation sites excluding steroid dienone is 1. The average molecular weight is 477 g/mol. The number of hydrogen-bond acceptors (Lipinski definition) is 5. The summed E-state index contributed by atoms with van der Waals surface area (Å²) >= 11 is 3.43. The summed E-state index contributed by atoms with van der Waals surface area (Å²) in [6.45, 7) is 0.955. The van der Waals surface area contributed by atoms with Gasteiger partial charge in [0, 0.05) is 11.1 Å². The van der Waals surface area contributed by atoms with Crippen molar-refractivity contribution >= 4 is 27.9 Å². The van der Waals surface area contributed by atoms with Gasteiger partial charge in [0.1, 0.15) is 11.9 Å². The number of alkyl carbamates (subject to hydrolysis) is 1. The Hall–Kier alpha value is -2.65. The lowest BCUT2D eigenvalue weighted by molar-refractivity contribution is -0.124.